The van der Waals surface area contributed by atoms with Crippen molar-refractivity contribution >= 4 is 33.4 Å². The van der Waals surface area contributed by atoms with Crippen molar-refractivity contribution in [2.45, 2.75) is 0 Å². The Hall–Kier alpha value is -5.09. The molecule has 6 aromatic rings. The molecule has 0 spiro atoms. The van der Waals surface area contributed by atoms with Gasteiger partial charge in [0.05, 0.1) is 42.4 Å². The lowest BCUT2D eigenvalue weighted by Gasteiger charge is -2.11. The van der Waals surface area contributed by atoms with E-state index in [-0.39, 0.29) is 12.5 Å². The van der Waals surface area contributed by atoms with Gasteiger partial charge in [-0.05, 0) is 62.1 Å². The number of aromatic amines is 2. The molecule has 0 fully saturated rings. The molecule has 10 heteroatoms. The number of fused-ring (bicyclic) bond motifs is 2. The van der Waals surface area contributed by atoms with Gasteiger partial charge in [0.25, 0.3) is 0 Å². The summed E-state index contributed by atoms with van der Waals surface area (Å²) < 4.78 is 19.5. The highest BCUT2D eigenvalue weighted by atomic mass is 19.1. The van der Waals surface area contributed by atoms with Gasteiger partial charge in [-0.2, -0.15) is 5.10 Å². The number of rotatable bonds is 7. The number of halogens is 1. The van der Waals surface area contributed by atoms with E-state index >= 15 is 0 Å². The molecule has 0 saturated carbocycles. The first-order valence-electron chi connectivity index (χ1n) is 12.6. The Balaban J connectivity index is 1.38. The fraction of sp³-hybridized carbons (Fsp3) is 0.133. The van der Waals surface area contributed by atoms with Crippen LogP contribution in [0.25, 0.3) is 55.6 Å². The zero-order valence-electron chi connectivity index (χ0n) is 22.1. The highest BCUT2D eigenvalue weighted by molar-refractivity contribution is 6.01. The van der Waals surface area contributed by atoms with E-state index in [0.29, 0.717) is 22.7 Å². The van der Waals surface area contributed by atoms with Crippen molar-refractivity contribution in [2.75, 3.05) is 33.1 Å². The molecule has 0 aliphatic heterocycles. The number of anilines is 1. The number of benzene rings is 2. The van der Waals surface area contributed by atoms with E-state index in [9.17, 15) is 9.18 Å². The van der Waals surface area contributed by atoms with Crippen LogP contribution in [0.2, 0.25) is 0 Å². The summed E-state index contributed by atoms with van der Waals surface area (Å²) in [5, 5.41) is 12.3. The van der Waals surface area contributed by atoms with E-state index in [4.69, 9.17) is 4.74 Å². The Labute approximate surface area is 229 Å². The average Bonchev–Trinajstić information content (AvgIpc) is 3.56. The van der Waals surface area contributed by atoms with Gasteiger partial charge in [-0.15, -0.1) is 0 Å². The van der Waals surface area contributed by atoms with E-state index in [1.165, 1.54) is 19.2 Å². The number of carbonyl (C=O) groups excluding carboxylic acids is 1. The first-order chi connectivity index (χ1) is 19.4. The molecule has 0 radical (unpaired) electrons. The smallest absolute Gasteiger partial charge is 0.238 e. The molecule has 0 atom stereocenters. The molecular weight excluding hydrogens is 509 g/mol. The second-order valence-corrected chi connectivity index (χ2v) is 9.76. The Bertz CT molecular complexity index is 1880. The molecule has 3 N–H and O–H groups in total. The second-order valence-electron chi connectivity index (χ2n) is 9.76. The Morgan fingerprint density at radius 3 is 2.62 bits per heavy atom. The summed E-state index contributed by atoms with van der Waals surface area (Å²) in [7, 11) is 5.19. The molecule has 0 saturated heterocycles. The normalized spacial score (nSPS) is 11.4. The third-order valence-electron chi connectivity index (χ3n) is 6.56. The van der Waals surface area contributed by atoms with Crippen LogP contribution in [-0.2, 0) is 4.79 Å². The van der Waals surface area contributed by atoms with E-state index in [1.54, 1.807) is 29.6 Å². The van der Waals surface area contributed by atoms with Crippen LogP contribution < -0.4 is 10.1 Å². The number of hydrogen-bond donors (Lipinski definition) is 3. The standard InChI is InChI=1S/C30H26FN7O2/c1-38(2)16-28(39)34-21-9-19(14-32-15-21)17-4-5-26-23(11-17)30(37-36-26)27-13-24-25(35-27)6-7-33-29(24)18-8-20(31)12-22(10-18)40-3/h4-15,35H,16H2,1-3H3,(H,34,39)(H,36,37). The molecule has 200 valence electrons. The molecule has 0 bridgehead atoms. The van der Waals surface area contributed by atoms with Gasteiger partial charge in [-0.25, -0.2) is 4.39 Å². The highest BCUT2D eigenvalue weighted by Crippen LogP contribution is 2.35. The molecule has 1 amide bonds. The van der Waals surface area contributed by atoms with Crippen LogP contribution in [0.5, 0.6) is 5.75 Å². The van der Waals surface area contributed by atoms with Crippen LogP contribution in [0, 0.1) is 5.82 Å². The Kier molecular flexibility index (Phi) is 6.45. The third-order valence-corrected chi connectivity index (χ3v) is 6.56. The van der Waals surface area contributed by atoms with Crippen LogP contribution in [-0.4, -0.2) is 63.7 Å². The fourth-order valence-electron chi connectivity index (χ4n) is 4.78. The maximum Gasteiger partial charge on any atom is 0.238 e. The first-order valence-corrected chi connectivity index (χ1v) is 12.6. The van der Waals surface area contributed by atoms with Crippen molar-refractivity contribution in [1.29, 1.82) is 0 Å². The lowest BCUT2D eigenvalue weighted by Crippen LogP contribution is -2.27. The van der Waals surface area contributed by atoms with E-state index in [2.05, 4.69) is 30.5 Å². The number of ether oxygens (including phenoxy) is 1. The largest absolute Gasteiger partial charge is 0.497 e. The average molecular weight is 536 g/mol. The molecule has 0 aliphatic carbocycles. The van der Waals surface area contributed by atoms with Gasteiger partial charge in [-0.1, -0.05) is 6.07 Å². The van der Waals surface area contributed by atoms with E-state index in [0.717, 1.165) is 44.3 Å². The predicted octanol–water partition coefficient (Wildman–Crippen LogP) is 5.48. The number of methoxy groups -OCH3 is 1. The van der Waals surface area contributed by atoms with Crippen LogP contribution in [0.15, 0.2) is 73.2 Å². The number of nitrogens with one attached hydrogen (secondary N) is 3. The number of H-pyrrole nitrogens is 2. The Morgan fingerprint density at radius 2 is 1.80 bits per heavy atom. The summed E-state index contributed by atoms with van der Waals surface area (Å²) in [4.78, 5) is 26.3. The maximum absolute atomic E-state index is 14.3. The van der Waals surface area contributed by atoms with Crippen LogP contribution >= 0.6 is 0 Å². The second kappa shape index (κ2) is 10.2. The van der Waals surface area contributed by atoms with Gasteiger partial charge >= 0.3 is 0 Å². The minimum absolute atomic E-state index is 0.110. The highest BCUT2D eigenvalue weighted by Gasteiger charge is 2.16. The molecular formula is C30H26FN7O2. The van der Waals surface area contributed by atoms with Gasteiger partial charge in [0, 0.05) is 45.9 Å². The van der Waals surface area contributed by atoms with Crippen molar-refractivity contribution in [1.82, 2.24) is 30.0 Å². The lowest BCUT2D eigenvalue weighted by atomic mass is 10.0. The van der Waals surface area contributed by atoms with Crippen molar-refractivity contribution in [3.8, 4) is 39.5 Å². The van der Waals surface area contributed by atoms with Crippen molar-refractivity contribution in [3.63, 3.8) is 0 Å². The Morgan fingerprint density at radius 1 is 0.950 bits per heavy atom. The molecule has 2 aromatic carbocycles. The number of nitrogens with zero attached hydrogens (tertiary/aromatic N) is 4. The lowest BCUT2D eigenvalue weighted by molar-refractivity contribution is -0.116. The fourth-order valence-corrected chi connectivity index (χ4v) is 4.78. The number of aromatic nitrogens is 5. The zero-order chi connectivity index (χ0) is 27.8. The molecule has 4 aromatic heterocycles. The van der Waals surface area contributed by atoms with Crippen LogP contribution in [0.4, 0.5) is 10.1 Å². The quantitative estimate of drug-likeness (QED) is 0.250. The summed E-state index contributed by atoms with van der Waals surface area (Å²) in [5.74, 6) is -0.0855. The van der Waals surface area contributed by atoms with E-state index < -0.39 is 5.82 Å². The summed E-state index contributed by atoms with van der Waals surface area (Å²) >= 11 is 0. The molecule has 0 aliphatic rings. The first kappa shape index (κ1) is 25.2. The SMILES string of the molecule is COc1cc(F)cc(-c2nccc3[nH]c(-c4n[nH]c5ccc(-c6cncc(NC(=O)CN(C)C)c6)cc45)cc23)c1. The predicted molar refractivity (Wildman–Crippen MR) is 154 cm³/mol. The summed E-state index contributed by atoms with van der Waals surface area (Å²) in [6.07, 6.45) is 5.08. The molecule has 9 nitrogen and oxygen atoms in total. The molecule has 6 rings (SSSR count). The summed E-state index contributed by atoms with van der Waals surface area (Å²) in [6, 6.07) is 16.3. The van der Waals surface area contributed by atoms with Crippen molar-refractivity contribution in [2.24, 2.45) is 0 Å². The number of likely N-dealkylation sites (N-methyl/N-ethyl adjacent to an activating group) is 1. The third kappa shape index (κ3) is 4.87. The monoisotopic (exact) mass is 535 g/mol. The number of pyridine rings is 2. The minimum atomic E-state index is -0.398. The van der Waals surface area contributed by atoms with Gasteiger partial charge in [0.15, 0.2) is 0 Å². The molecule has 4 heterocycles. The van der Waals surface area contributed by atoms with Gasteiger partial charge in [0.2, 0.25) is 5.91 Å². The van der Waals surface area contributed by atoms with Gasteiger partial charge < -0.3 is 19.9 Å². The number of hydrogen-bond acceptors (Lipinski definition) is 6. The van der Waals surface area contributed by atoms with Crippen molar-refractivity contribution < 1.29 is 13.9 Å². The number of amides is 1. The summed E-state index contributed by atoms with van der Waals surface area (Å²) in [6.45, 7) is 0.281. The van der Waals surface area contributed by atoms with Gasteiger partial charge in [0.1, 0.15) is 17.3 Å². The number of carbonyl (C=O) groups is 1. The minimum Gasteiger partial charge on any atom is -0.497 e. The zero-order valence-corrected chi connectivity index (χ0v) is 22.1. The van der Waals surface area contributed by atoms with Crippen molar-refractivity contribution in [3.05, 3.63) is 79.0 Å². The maximum atomic E-state index is 14.3. The topological polar surface area (TPSA) is 112 Å². The molecule has 40 heavy (non-hydrogen) atoms. The van der Waals surface area contributed by atoms with Crippen LogP contribution in [0.3, 0.4) is 0 Å². The van der Waals surface area contributed by atoms with Crippen LogP contribution in [0.1, 0.15) is 0 Å². The summed E-state index contributed by atoms with van der Waals surface area (Å²) in [5.41, 5.74) is 6.91. The van der Waals surface area contributed by atoms with Gasteiger partial charge in [-0.3, -0.25) is 19.9 Å². The molecule has 0 unspecified atom stereocenters. The van der Waals surface area contributed by atoms with E-state index in [1.807, 2.05) is 50.5 Å².